The van der Waals surface area contributed by atoms with E-state index in [1.54, 1.807) is 7.11 Å². The van der Waals surface area contributed by atoms with Crippen LogP contribution < -0.4 is 4.74 Å². The molecule has 1 unspecified atom stereocenters. The molecule has 94 valence electrons. The predicted octanol–water partition coefficient (Wildman–Crippen LogP) is 4.16. The first kappa shape index (κ1) is 13.2. The van der Waals surface area contributed by atoms with Crippen LogP contribution in [0.1, 0.15) is 23.8 Å². The highest BCUT2D eigenvalue weighted by Crippen LogP contribution is 2.39. The van der Waals surface area contributed by atoms with Gasteiger partial charge in [0, 0.05) is 17.7 Å². The highest BCUT2D eigenvalue weighted by atomic mass is 79.9. The molecule has 4 heteroatoms. The Balaban J connectivity index is 2.15. The van der Waals surface area contributed by atoms with Gasteiger partial charge in [-0.1, -0.05) is 22.0 Å². The molecule has 0 bridgehead atoms. The Morgan fingerprint density at radius 2 is 2.12 bits per heavy atom. The van der Waals surface area contributed by atoms with Gasteiger partial charge in [0.25, 0.3) is 0 Å². The van der Waals surface area contributed by atoms with E-state index in [2.05, 4.69) is 15.9 Å². The molecular formula is C13H16BrClO2. The lowest BCUT2D eigenvalue weighted by molar-refractivity contribution is 0.0650. The molecular weight excluding hydrogens is 303 g/mol. The Morgan fingerprint density at radius 3 is 2.71 bits per heavy atom. The average molecular weight is 320 g/mol. The fourth-order valence-electron chi connectivity index (χ4n) is 2.12. The van der Waals surface area contributed by atoms with Gasteiger partial charge in [-0.2, -0.15) is 0 Å². The van der Waals surface area contributed by atoms with Crippen molar-refractivity contribution in [3.05, 3.63) is 28.2 Å². The molecule has 0 N–H and O–H groups in total. The van der Waals surface area contributed by atoms with Crippen LogP contribution in [-0.4, -0.2) is 20.3 Å². The van der Waals surface area contributed by atoms with E-state index in [4.69, 9.17) is 21.1 Å². The normalized spacial score (nSPS) is 19.0. The maximum atomic E-state index is 6.56. The van der Waals surface area contributed by atoms with Gasteiger partial charge in [0.2, 0.25) is 0 Å². The molecule has 1 heterocycles. The van der Waals surface area contributed by atoms with Crippen LogP contribution in [0.5, 0.6) is 5.75 Å². The predicted molar refractivity (Wildman–Crippen MR) is 72.8 cm³/mol. The third-order valence-corrected chi connectivity index (χ3v) is 4.46. The fourth-order valence-corrected chi connectivity index (χ4v) is 3.30. The molecule has 1 saturated heterocycles. The summed E-state index contributed by atoms with van der Waals surface area (Å²) in [5.74, 6) is 1.34. The standard InChI is InChI=1S/C13H16BrClO2/c1-16-10-2-3-11(12(14)8-10)13(15)9-4-6-17-7-5-9/h2-3,8-9,13H,4-7H2,1H3. The molecule has 0 aliphatic carbocycles. The summed E-state index contributed by atoms with van der Waals surface area (Å²) < 4.78 is 11.6. The minimum atomic E-state index is 0.0409. The van der Waals surface area contributed by atoms with Crippen LogP contribution in [0.25, 0.3) is 0 Å². The summed E-state index contributed by atoms with van der Waals surface area (Å²) in [6, 6.07) is 5.95. The summed E-state index contributed by atoms with van der Waals surface area (Å²) in [4.78, 5) is 0. The number of halogens is 2. The molecule has 0 amide bonds. The van der Waals surface area contributed by atoms with Crippen LogP contribution in [0, 0.1) is 5.92 Å². The number of hydrogen-bond donors (Lipinski definition) is 0. The van der Waals surface area contributed by atoms with Crippen molar-refractivity contribution < 1.29 is 9.47 Å². The number of methoxy groups -OCH3 is 1. The van der Waals surface area contributed by atoms with Crippen LogP contribution in [0.3, 0.4) is 0 Å². The average Bonchev–Trinajstić information content (AvgIpc) is 2.39. The van der Waals surface area contributed by atoms with E-state index in [1.165, 1.54) is 0 Å². The first-order valence-electron chi connectivity index (χ1n) is 5.77. The van der Waals surface area contributed by atoms with Crippen molar-refractivity contribution in [2.24, 2.45) is 5.92 Å². The van der Waals surface area contributed by atoms with Crippen LogP contribution >= 0.6 is 27.5 Å². The van der Waals surface area contributed by atoms with E-state index in [-0.39, 0.29) is 5.38 Å². The topological polar surface area (TPSA) is 18.5 Å². The molecule has 2 nitrogen and oxygen atoms in total. The number of hydrogen-bond acceptors (Lipinski definition) is 2. The second-order valence-electron chi connectivity index (χ2n) is 4.24. The molecule has 1 aliphatic heterocycles. The van der Waals surface area contributed by atoms with Crippen molar-refractivity contribution in [1.29, 1.82) is 0 Å². The smallest absolute Gasteiger partial charge is 0.120 e. The molecule has 1 aromatic rings. The van der Waals surface area contributed by atoms with Gasteiger partial charge in [-0.15, -0.1) is 11.6 Å². The van der Waals surface area contributed by atoms with Crippen molar-refractivity contribution >= 4 is 27.5 Å². The van der Waals surface area contributed by atoms with Crippen molar-refractivity contribution in [1.82, 2.24) is 0 Å². The number of rotatable bonds is 3. The molecule has 1 fully saturated rings. The van der Waals surface area contributed by atoms with E-state index >= 15 is 0 Å². The molecule has 0 spiro atoms. The van der Waals surface area contributed by atoms with Gasteiger partial charge in [0.1, 0.15) is 5.75 Å². The number of alkyl halides is 1. The third-order valence-electron chi connectivity index (χ3n) is 3.18. The Bertz CT molecular complexity index is 378. The molecule has 1 aromatic carbocycles. The largest absolute Gasteiger partial charge is 0.497 e. The highest BCUT2D eigenvalue weighted by Gasteiger charge is 2.25. The number of ether oxygens (including phenoxy) is 2. The Kier molecular flexibility index (Phi) is 4.71. The van der Waals surface area contributed by atoms with Crippen molar-refractivity contribution in [3.8, 4) is 5.75 Å². The van der Waals surface area contributed by atoms with Gasteiger partial charge in [-0.05, 0) is 36.5 Å². The van der Waals surface area contributed by atoms with Gasteiger partial charge in [-0.25, -0.2) is 0 Å². The van der Waals surface area contributed by atoms with Crippen LogP contribution in [0.4, 0.5) is 0 Å². The monoisotopic (exact) mass is 318 g/mol. The van der Waals surface area contributed by atoms with Gasteiger partial charge < -0.3 is 9.47 Å². The van der Waals surface area contributed by atoms with Gasteiger partial charge in [0.15, 0.2) is 0 Å². The van der Waals surface area contributed by atoms with Crippen LogP contribution in [0.15, 0.2) is 22.7 Å². The van der Waals surface area contributed by atoms with Crippen LogP contribution in [-0.2, 0) is 4.74 Å². The summed E-state index contributed by atoms with van der Waals surface area (Å²) in [5.41, 5.74) is 1.14. The Labute approximate surface area is 115 Å². The first-order chi connectivity index (χ1) is 8.22. The van der Waals surface area contributed by atoms with Crippen molar-refractivity contribution in [3.63, 3.8) is 0 Å². The molecule has 17 heavy (non-hydrogen) atoms. The van der Waals surface area contributed by atoms with Crippen molar-refractivity contribution in [2.75, 3.05) is 20.3 Å². The second-order valence-corrected chi connectivity index (χ2v) is 5.56. The zero-order chi connectivity index (χ0) is 12.3. The second kappa shape index (κ2) is 6.07. The number of benzene rings is 1. The van der Waals surface area contributed by atoms with E-state index in [1.807, 2.05) is 18.2 Å². The van der Waals surface area contributed by atoms with E-state index in [0.717, 1.165) is 41.8 Å². The minimum Gasteiger partial charge on any atom is -0.497 e. The molecule has 2 rings (SSSR count). The highest BCUT2D eigenvalue weighted by molar-refractivity contribution is 9.10. The molecule has 1 aliphatic rings. The van der Waals surface area contributed by atoms with Crippen molar-refractivity contribution in [2.45, 2.75) is 18.2 Å². The summed E-state index contributed by atoms with van der Waals surface area (Å²) in [7, 11) is 1.66. The summed E-state index contributed by atoms with van der Waals surface area (Å²) >= 11 is 10.1. The quantitative estimate of drug-likeness (QED) is 0.779. The molecule has 0 saturated carbocycles. The zero-order valence-corrected chi connectivity index (χ0v) is 12.1. The fraction of sp³-hybridized carbons (Fsp3) is 0.538. The molecule has 0 radical (unpaired) electrons. The maximum absolute atomic E-state index is 6.56. The summed E-state index contributed by atoms with van der Waals surface area (Å²) in [5, 5.41) is 0.0409. The van der Waals surface area contributed by atoms with E-state index < -0.39 is 0 Å². The van der Waals surface area contributed by atoms with Gasteiger partial charge >= 0.3 is 0 Å². The maximum Gasteiger partial charge on any atom is 0.120 e. The molecule has 0 aromatic heterocycles. The summed E-state index contributed by atoms with van der Waals surface area (Å²) in [6.07, 6.45) is 2.07. The Hall–Kier alpha value is -0.250. The minimum absolute atomic E-state index is 0.0409. The van der Waals surface area contributed by atoms with E-state index in [9.17, 15) is 0 Å². The Morgan fingerprint density at radius 1 is 1.41 bits per heavy atom. The van der Waals surface area contributed by atoms with Gasteiger partial charge in [-0.3, -0.25) is 0 Å². The third kappa shape index (κ3) is 3.15. The molecule has 1 atom stereocenters. The van der Waals surface area contributed by atoms with Crippen LogP contribution in [0.2, 0.25) is 0 Å². The lowest BCUT2D eigenvalue weighted by Gasteiger charge is -2.27. The lowest BCUT2D eigenvalue weighted by Crippen LogP contribution is -2.19. The van der Waals surface area contributed by atoms with E-state index in [0.29, 0.717) is 5.92 Å². The lowest BCUT2D eigenvalue weighted by atomic mass is 9.92. The SMILES string of the molecule is COc1ccc(C(Cl)C2CCOCC2)c(Br)c1. The van der Waals surface area contributed by atoms with Gasteiger partial charge in [0.05, 0.1) is 12.5 Å². The zero-order valence-electron chi connectivity index (χ0n) is 9.79. The summed E-state index contributed by atoms with van der Waals surface area (Å²) in [6.45, 7) is 1.64. The first-order valence-corrected chi connectivity index (χ1v) is 7.00.